The van der Waals surface area contributed by atoms with E-state index in [0.717, 1.165) is 15.8 Å². The molecule has 3 aromatic rings. The monoisotopic (exact) mass is 439 g/mol. The first-order valence-corrected chi connectivity index (χ1v) is 10.6. The van der Waals surface area contributed by atoms with Gasteiger partial charge in [0.15, 0.2) is 4.80 Å². The number of methoxy groups -OCH3 is 1. The second kappa shape index (κ2) is 8.85. The molecule has 1 heterocycles. The fourth-order valence-electron chi connectivity index (χ4n) is 3.05. The Balaban J connectivity index is 2.06. The summed E-state index contributed by atoms with van der Waals surface area (Å²) in [6.07, 6.45) is 0. The molecule has 0 spiro atoms. The summed E-state index contributed by atoms with van der Waals surface area (Å²) < 4.78 is 7.23. The van der Waals surface area contributed by atoms with Crippen LogP contribution in [0.2, 0.25) is 0 Å². The molecule has 2 aromatic carbocycles. The highest BCUT2D eigenvalue weighted by atomic mass is 32.1. The van der Waals surface area contributed by atoms with Crippen LogP contribution in [0.15, 0.2) is 47.5 Å². The van der Waals surface area contributed by atoms with Crippen LogP contribution in [0.25, 0.3) is 10.2 Å². The number of hydrogen-bond acceptors (Lipinski definition) is 5. The molecule has 0 fully saturated rings. The summed E-state index contributed by atoms with van der Waals surface area (Å²) in [5.74, 6) is -1.03. The highest BCUT2D eigenvalue weighted by Gasteiger charge is 2.16. The summed E-state index contributed by atoms with van der Waals surface area (Å²) >= 11 is 1.26. The van der Waals surface area contributed by atoms with Crippen LogP contribution in [0.5, 0.6) is 0 Å². The van der Waals surface area contributed by atoms with E-state index in [-0.39, 0.29) is 17.9 Å². The number of aromatic nitrogens is 1. The Morgan fingerprint density at radius 1 is 1.10 bits per heavy atom. The van der Waals surface area contributed by atoms with Gasteiger partial charge in [0.25, 0.3) is 5.91 Å². The number of carbonyl (C=O) groups is 3. The molecule has 0 radical (unpaired) electrons. The molecule has 3 rings (SSSR count). The van der Waals surface area contributed by atoms with E-state index in [1.807, 2.05) is 12.1 Å². The number of benzene rings is 2. The molecule has 1 aromatic heterocycles. The number of esters is 1. The number of thiazole rings is 1. The lowest BCUT2D eigenvalue weighted by molar-refractivity contribution is -0.141. The maximum Gasteiger partial charge on any atom is 0.325 e. The minimum atomic E-state index is -0.450. The van der Waals surface area contributed by atoms with Crippen molar-refractivity contribution < 1.29 is 19.1 Å². The van der Waals surface area contributed by atoms with Crippen LogP contribution in [0.1, 0.15) is 43.6 Å². The highest BCUT2D eigenvalue weighted by Crippen LogP contribution is 2.24. The van der Waals surface area contributed by atoms with Crippen LogP contribution >= 0.6 is 11.3 Å². The number of hydrogen-bond donors (Lipinski definition) is 1. The Hall–Kier alpha value is -3.26. The molecule has 0 aliphatic rings. The van der Waals surface area contributed by atoms with E-state index in [1.54, 1.807) is 34.9 Å². The second-order valence-electron chi connectivity index (χ2n) is 8.15. The number of ether oxygens (including phenoxy) is 1. The molecule has 0 saturated carbocycles. The fraction of sp³-hybridized carbons (Fsp3) is 0.304. The van der Waals surface area contributed by atoms with Crippen molar-refractivity contribution in [2.24, 2.45) is 4.99 Å². The predicted octanol–water partition coefficient (Wildman–Crippen LogP) is 3.87. The normalized spacial score (nSPS) is 12.1. The van der Waals surface area contributed by atoms with Crippen molar-refractivity contribution in [3.63, 3.8) is 0 Å². The van der Waals surface area contributed by atoms with Gasteiger partial charge in [-0.2, -0.15) is 4.99 Å². The van der Waals surface area contributed by atoms with E-state index < -0.39 is 11.9 Å². The van der Waals surface area contributed by atoms with E-state index in [1.165, 1.54) is 25.4 Å². The zero-order valence-corrected chi connectivity index (χ0v) is 19.0. The Morgan fingerprint density at radius 2 is 1.77 bits per heavy atom. The quantitative estimate of drug-likeness (QED) is 0.625. The van der Waals surface area contributed by atoms with Gasteiger partial charge in [-0.1, -0.05) is 44.2 Å². The minimum absolute atomic E-state index is 0.0145. The molecule has 0 saturated heterocycles. The fourth-order valence-corrected chi connectivity index (χ4v) is 4.12. The zero-order valence-electron chi connectivity index (χ0n) is 18.2. The van der Waals surface area contributed by atoms with Gasteiger partial charge in [-0.05, 0) is 41.3 Å². The van der Waals surface area contributed by atoms with Gasteiger partial charge in [0.2, 0.25) is 5.91 Å². The van der Waals surface area contributed by atoms with Crippen molar-refractivity contribution in [2.45, 2.75) is 39.7 Å². The number of nitrogens with zero attached hydrogens (tertiary/aromatic N) is 2. The van der Waals surface area contributed by atoms with Crippen LogP contribution in [0.3, 0.4) is 0 Å². The summed E-state index contributed by atoms with van der Waals surface area (Å²) in [4.78, 5) is 40.8. The molecule has 7 nitrogen and oxygen atoms in total. The van der Waals surface area contributed by atoms with Gasteiger partial charge >= 0.3 is 5.97 Å². The number of amides is 2. The molecule has 2 amide bonds. The van der Waals surface area contributed by atoms with E-state index in [9.17, 15) is 14.4 Å². The Kier molecular flexibility index (Phi) is 6.40. The first kappa shape index (κ1) is 22.4. The summed E-state index contributed by atoms with van der Waals surface area (Å²) in [7, 11) is 1.31. The SMILES string of the molecule is COC(=O)Cn1c(=NC(=O)c2ccc(C(C)(C)C)cc2)sc2cc(NC(C)=O)ccc21. The second-order valence-corrected chi connectivity index (χ2v) is 9.16. The van der Waals surface area contributed by atoms with E-state index in [0.29, 0.717) is 16.1 Å². The molecule has 0 unspecified atom stereocenters. The maximum absolute atomic E-state index is 12.8. The van der Waals surface area contributed by atoms with Gasteiger partial charge in [-0.15, -0.1) is 0 Å². The van der Waals surface area contributed by atoms with Gasteiger partial charge < -0.3 is 14.6 Å². The topological polar surface area (TPSA) is 89.8 Å². The first-order valence-electron chi connectivity index (χ1n) is 9.76. The molecule has 0 atom stereocenters. The van der Waals surface area contributed by atoms with Crippen molar-refractivity contribution in [2.75, 3.05) is 12.4 Å². The van der Waals surface area contributed by atoms with Crippen LogP contribution in [-0.2, 0) is 26.3 Å². The summed E-state index contributed by atoms with van der Waals surface area (Å²) in [6, 6.07) is 12.7. The molecule has 0 bridgehead atoms. The van der Waals surface area contributed by atoms with Gasteiger partial charge in [0.1, 0.15) is 6.54 Å². The molecule has 8 heteroatoms. The molecule has 31 heavy (non-hydrogen) atoms. The maximum atomic E-state index is 12.8. The van der Waals surface area contributed by atoms with Gasteiger partial charge in [-0.3, -0.25) is 14.4 Å². The lowest BCUT2D eigenvalue weighted by Crippen LogP contribution is -2.22. The first-order chi connectivity index (χ1) is 14.6. The van der Waals surface area contributed by atoms with E-state index >= 15 is 0 Å². The smallest absolute Gasteiger partial charge is 0.325 e. The zero-order chi connectivity index (χ0) is 22.8. The molecule has 0 aliphatic heterocycles. The van der Waals surface area contributed by atoms with E-state index in [4.69, 9.17) is 4.74 Å². The third kappa shape index (κ3) is 5.27. The molecule has 0 aliphatic carbocycles. The number of anilines is 1. The lowest BCUT2D eigenvalue weighted by atomic mass is 9.87. The van der Waals surface area contributed by atoms with Crippen LogP contribution in [0, 0.1) is 0 Å². The molecular weight excluding hydrogens is 414 g/mol. The number of rotatable bonds is 4. The summed E-state index contributed by atoms with van der Waals surface area (Å²) in [5, 5.41) is 2.73. The number of carbonyl (C=O) groups excluding carboxylic acids is 3. The largest absolute Gasteiger partial charge is 0.468 e. The third-order valence-corrected chi connectivity index (χ3v) is 5.75. The Labute approximate surface area is 184 Å². The average molecular weight is 440 g/mol. The predicted molar refractivity (Wildman–Crippen MR) is 121 cm³/mol. The lowest BCUT2D eigenvalue weighted by Gasteiger charge is -2.18. The Bertz CT molecular complexity index is 1210. The van der Waals surface area contributed by atoms with Gasteiger partial charge in [-0.25, -0.2) is 0 Å². The van der Waals surface area contributed by atoms with Crippen molar-refractivity contribution in [3.8, 4) is 0 Å². The minimum Gasteiger partial charge on any atom is -0.468 e. The van der Waals surface area contributed by atoms with Gasteiger partial charge in [0, 0.05) is 18.2 Å². The third-order valence-electron chi connectivity index (χ3n) is 4.71. The van der Waals surface area contributed by atoms with Crippen LogP contribution in [-0.4, -0.2) is 29.5 Å². The van der Waals surface area contributed by atoms with Crippen molar-refractivity contribution in [1.82, 2.24) is 4.57 Å². The molecular formula is C23H25N3O4S. The highest BCUT2D eigenvalue weighted by molar-refractivity contribution is 7.16. The van der Waals surface area contributed by atoms with Crippen LogP contribution in [0.4, 0.5) is 5.69 Å². The number of fused-ring (bicyclic) bond motifs is 1. The number of nitrogens with one attached hydrogen (secondary N) is 1. The summed E-state index contributed by atoms with van der Waals surface area (Å²) in [6.45, 7) is 7.68. The van der Waals surface area contributed by atoms with Crippen molar-refractivity contribution >= 4 is 45.0 Å². The van der Waals surface area contributed by atoms with Gasteiger partial charge in [0.05, 0.1) is 17.3 Å². The Morgan fingerprint density at radius 3 is 2.35 bits per heavy atom. The van der Waals surface area contributed by atoms with Crippen molar-refractivity contribution in [1.29, 1.82) is 0 Å². The van der Waals surface area contributed by atoms with Crippen LogP contribution < -0.4 is 10.1 Å². The molecule has 1 N–H and O–H groups in total. The molecule has 162 valence electrons. The van der Waals surface area contributed by atoms with Crippen molar-refractivity contribution in [3.05, 3.63) is 58.4 Å². The average Bonchev–Trinajstić information content (AvgIpc) is 3.02. The standard InChI is InChI=1S/C23H25N3O4S/c1-14(27)24-17-10-11-18-19(12-17)31-22(26(18)13-20(28)30-5)25-21(29)15-6-8-16(9-7-15)23(2,3)4/h6-12H,13H2,1-5H3,(H,24,27). The summed E-state index contributed by atoms with van der Waals surface area (Å²) in [5.41, 5.74) is 2.92. The van der Waals surface area contributed by atoms with E-state index in [2.05, 4.69) is 31.1 Å².